The maximum absolute atomic E-state index is 14.0. The molecular weight excluding hydrogens is 329 g/mol. The third-order valence-corrected chi connectivity index (χ3v) is 5.27. The number of benzene rings is 1. The predicted octanol–water partition coefficient (Wildman–Crippen LogP) is 0.946. The van der Waals surface area contributed by atoms with Gasteiger partial charge in [0.05, 0.1) is 18.1 Å². The van der Waals surface area contributed by atoms with Crippen LogP contribution >= 0.6 is 0 Å². The summed E-state index contributed by atoms with van der Waals surface area (Å²) in [6.07, 6.45) is 0.841. The molecular formula is C14H18FNO6S. The van der Waals surface area contributed by atoms with E-state index in [1.54, 1.807) is 0 Å². The van der Waals surface area contributed by atoms with Crippen molar-refractivity contribution in [3.8, 4) is 5.75 Å². The van der Waals surface area contributed by atoms with E-state index in [1.807, 2.05) is 0 Å². The van der Waals surface area contributed by atoms with E-state index >= 15 is 0 Å². The second-order valence-electron chi connectivity index (χ2n) is 5.29. The molecule has 1 atom stereocenters. The summed E-state index contributed by atoms with van der Waals surface area (Å²) in [5.41, 5.74) is 0. The Kier molecular flexibility index (Phi) is 5.55. The van der Waals surface area contributed by atoms with Crippen molar-refractivity contribution < 1.29 is 32.2 Å². The summed E-state index contributed by atoms with van der Waals surface area (Å²) in [5.74, 6) is -1.96. The normalized spacial score (nSPS) is 18.3. The third-order valence-electron chi connectivity index (χ3n) is 3.47. The average Bonchev–Trinajstić information content (AvgIpc) is 2.98. The summed E-state index contributed by atoms with van der Waals surface area (Å²) in [4.78, 5) is 10.3. The Labute approximate surface area is 133 Å². The van der Waals surface area contributed by atoms with Crippen molar-refractivity contribution in [1.82, 2.24) is 4.31 Å². The lowest BCUT2D eigenvalue weighted by Gasteiger charge is -2.16. The number of ether oxygens (including phenoxy) is 2. The van der Waals surface area contributed by atoms with Crippen LogP contribution in [0.3, 0.4) is 0 Å². The average molecular weight is 347 g/mol. The van der Waals surface area contributed by atoms with Crippen LogP contribution in [0, 0.1) is 11.7 Å². The zero-order chi connectivity index (χ0) is 17.0. The van der Waals surface area contributed by atoms with E-state index in [0.29, 0.717) is 24.1 Å². The van der Waals surface area contributed by atoms with Crippen LogP contribution in [0.2, 0.25) is 0 Å². The highest BCUT2D eigenvalue weighted by atomic mass is 32.2. The van der Waals surface area contributed by atoms with Gasteiger partial charge in [-0.3, -0.25) is 4.79 Å². The van der Waals surface area contributed by atoms with Gasteiger partial charge in [0.1, 0.15) is 6.54 Å². The second kappa shape index (κ2) is 7.24. The predicted molar refractivity (Wildman–Crippen MR) is 78.3 cm³/mol. The van der Waals surface area contributed by atoms with Crippen molar-refractivity contribution >= 4 is 16.0 Å². The van der Waals surface area contributed by atoms with E-state index in [-0.39, 0.29) is 16.6 Å². The van der Waals surface area contributed by atoms with Crippen LogP contribution in [0.25, 0.3) is 0 Å². The minimum absolute atomic E-state index is 0.0447. The molecule has 1 N–H and O–H groups in total. The molecule has 1 aliphatic heterocycles. The van der Waals surface area contributed by atoms with Gasteiger partial charge in [0.25, 0.3) is 0 Å². The number of aliphatic carboxylic acids is 1. The molecule has 1 aliphatic rings. The maximum atomic E-state index is 14.0. The van der Waals surface area contributed by atoms with E-state index in [1.165, 1.54) is 12.1 Å². The molecule has 0 aromatic heterocycles. The van der Waals surface area contributed by atoms with Gasteiger partial charge in [-0.05, 0) is 24.6 Å². The largest absolute Gasteiger partial charge is 0.490 e. The van der Waals surface area contributed by atoms with Crippen molar-refractivity contribution in [2.75, 3.05) is 33.4 Å². The summed E-state index contributed by atoms with van der Waals surface area (Å²) in [6.45, 7) is 0.809. The quantitative estimate of drug-likeness (QED) is 0.789. The number of carboxylic acid groups (broad SMARTS) is 1. The van der Waals surface area contributed by atoms with E-state index in [0.717, 1.165) is 19.5 Å². The van der Waals surface area contributed by atoms with Gasteiger partial charge in [0, 0.05) is 19.6 Å². The SMILES string of the molecule is CN(CC(=O)O)S(=O)(=O)c1ccc(OCC2CCOC2)c(F)c1. The molecule has 128 valence electrons. The lowest BCUT2D eigenvalue weighted by Crippen LogP contribution is -2.32. The Morgan fingerprint density at radius 3 is 2.83 bits per heavy atom. The Hall–Kier alpha value is -1.71. The van der Waals surface area contributed by atoms with Gasteiger partial charge in [-0.25, -0.2) is 12.8 Å². The van der Waals surface area contributed by atoms with Crippen LogP contribution in [-0.2, 0) is 19.6 Å². The Balaban J connectivity index is 2.09. The molecule has 0 amide bonds. The van der Waals surface area contributed by atoms with Gasteiger partial charge in [0.15, 0.2) is 11.6 Å². The number of carboxylic acids is 1. The van der Waals surface area contributed by atoms with Crippen molar-refractivity contribution in [3.05, 3.63) is 24.0 Å². The van der Waals surface area contributed by atoms with E-state index in [9.17, 15) is 17.6 Å². The van der Waals surface area contributed by atoms with E-state index < -0.39 is 28.4 Å². The lowest BCUT2D eigenvalue weighted by molar-refractivity contribution is -0.137. The molecule has 0 radical (unpaired) electrons. The van der Waals surface area contributed by atoms with Gasteiger partial charge in [0.2, 0.25) is 10.0 Å². The third kappa shape index (κ3) is 4.40. The Morgan fingerprint density at radius 2 is 2.26 bits per heavy atom. The van der Waals surface area contributed by atoms with E-state index in [2.05, 4.69) is 0 Å². The van der Waals surface area contributed by atoms with Crippen molar-refractivity contribution in [3.63, 3.8) is 0 Å². The van der Waals surface area contributed by atoms with Crippen molar-refractivity contribution in [2.45, 2.75) is 11.3 Å². The number of rotatable bonds is 7. The van der Waals surface area contributed by atoms with Gasteiger partial charge >= 0.3 is 5.97 Å². The Bertz CT molecular complexity index is 672. The molecule has 0 bridgehead atoms. The first-order valence-corrected chi connectivity index (χ1v) is 8.43. The fourth-order valence-electron chi connectivity index (χ4n) is 2.14. The number of carbonyl (C=O) groups is 1. The Morgan fingerprint density at radius 1 is 1.52 bits per heavy atom. The summed E-state index contributed by atoms with van der Waals surface area (Å²) >= 11 is 0. The minimum atomic E-state index is -4.07. The van der Waals surface area contributed by atoms with Crippen LogP contribution in [0.1, 0.15) is 6.42 Å². The summed E-state index contributed by atoms with van der Waals surface area (Å²) in [7, 11) is -2.95. The number of sulfonamides is 1. The fourth-order valence-corrected chi connectivity index (χ4v) is 3.27. The maximum Gasteiger partial charge on any atom is 0.318 e. The monoisotopic (exact) mass is 347 g/mol. The first-order valence-electron chi connectivity index (χ1n) is 6.99. The fraction of sp³-hybridized carbons (Fsp3) is 0.500. The molecule has 23 heavy (non-hydrogen) atoms. The topological polar surface area (TPSA) is 93.1 Å². The number of halogens is 1. The van der Waals surface area contributed by atoms with Crippen LogP contribution < -0.4 is 4.74 Å². The molecule has 1 aromatic rings. The van der Waals surface area contributed by atoms with Crippen LogP contribution in [0.15, 0.2) is 23.1 Å². The minimum Gasteiger partial charge on any atom is -0.490 e. The molecule has 2 rings (SSSR count). The van der Waals surface area contributed by atoms with Crippen molar-refractivity contribution in [2.24, 2.45) is 5.92 Å². The van der Waals surface area contributed by atoms with Gasteiger partial charge in [-0.2, -0.15) is 4.31 Å². The summed E-state index contributed by atoms with van der Waals surface area (Å²) in [6, 6.07) is 3.25. The van der Waals surface area contributed by atoms with Crippen molar-refractivity contribution in [1.29, 1.82) is 0 Å². The second-order valence-corrected chi connectivity index (χ2v) is 7.33. The highest BCUT2D eigenvalue weighted by Crippen LogP contribution is 2.24. The highest BCUT2D eigenvalue weighted by Gasteiger charge is 2.24. The summed E-state index contributed by atoms with van der Waals surface area (Å²) < 4.78 is 49.5. The smallest absolute Gasteiger partial charge is 0.318 e. The number of hydrogen-bond donors (Lipinski definition) is 1. The van der Waals surface area contributed by atoms with Gasteiger partial charge < -0.3 is 14.6 Å². The molecule has 0 saturated carbocycles. The summed E-state index contributed by atoms with van der Waals surface area (Å²) in [5, 5.41) is 8.66. The molecule has 1 unspecified atom stereocenters. The lowest BCUT2D eigenvalue weighted by atomic mass is 10.1. The van der Waals surface area contributed by atoms with Gasteiger partial charge in [-0.1, -0.05) is 0 Å². The molecule has 0 spiro atoms. The molecule has 1 aromatic carbocycles. The molecule has 1 heterocycles. The van der Waals surface area contributed by atoms with Crippen LogP contribution in [0.4, 0.5) is 4.39 Å². The zero-order valence-electron chi connectivity index (χ0n) is 12.6. The molecule has 1 saturated heterocycles. The zero-order valence-corrected chi connectivity index (χ0v) is 13.4. The first-order chi connectivity index (χ1) is 10.8. The van der Waals surface area contributed by atoms with E-state index in [4.69, 9.17) is 14.6 Å². The number of nitrogens with zero attached hydrogens (tertiary/aromatic N) is 1. The molecule has 9 heteroatoms. The molecule has 0 aliphatic carbocycles. The van der Waals surface area contributed by atoms with Gasteiger partial charge in [-0.15, -0.1) is 0 Å². The van der Waals surface area contributed by atoms with Crippen LogP contribution in [0.5, 0.6) is 5.75 Å². The standard InChI is InChI=1S/C14H18FNO6S/c1-16(7-14(17)18)23(19,20)11-2-3-13(12(15)6-11)22-9-10-4-5-21-8-10/h2-3,6,10H,4-5,7-9H2,1H3,(H,17,18). The molecule has 7 nitrogen and oxygen atoms in total. The number of hydrogen-bond acceptors (Lipinski definition) is 5. The molecule has 1 fully saturated rings. The number of likely N-dealkylation sites (N-methyl/N-ethyl adjacent to an activating group) is 1. The van der Waals surface area contributed by atoms with Crippen LogP contribution in [-0.4, -0.2) is 57.2 Å². The first kappa shape index (κ1) is 17.6. The highest BCUT2D eigenvalue weighted by molar-refractivity contribution is 7.89.